The minimum Gasteiger partial charge on any atom is -0.302 e. The summed E-state index contributed by atoms with van der Waals surface area (Å²) in [4.78, 5) is 4.83. The predicted octanol–water partition coefficient (Wildman–Crippen LogP) is 6.39. The Morgan fingerprint density at radius 2 is 1.85 bits per heavy atom. The van der Waals surface area contributed by atoms with E-state index in [1.165, 1.54) is 38.8 Å². The third-order valence-electron chi connectivity index (χ3n) is 6.85. The van der Waals surface area contributed by atoms with Crippen LogP contribution >= 0.6 is 0 Å². The second-order valence-electron chi connectivity index (χ2n) is 9.59. The van der Waals surface area contributed by atoms with Crippen LogP contribution < -0.4 is 4.57 Å². The van der Waals surface area contributed by atoms with Gasteiger partial charge in [-0.3, -0.25) is 0 Å². The summed E-state index contributed by atoms with van der Waals surface area (Å²) in [6, 6.07) is 16.9. The summed E-state index contributed by atoms with van der Waals surface area (Å²) >= 11 is 0. The second kappa shape index (κ2) is 7.28. The van der Waals surface area contributed by atoms with Crippen LogP contribution in [0.3, 0.4) is 0 Å². The van der Waals surface area contributed by atoms with Gasteiger partial charge in [0.2, 0.25) is 5.69 Å². The zero-order chi connectivity index (χ0) is 24.6. The molecule has 0 saturated heterocycles. The van der Waals surface area contributed by atoms with Gasteiger partial charge in [0.1, 0.15) is 12.9 Å². The van der Waals surface area contributed by atoms with Gasteiger partial charge in [0.25, 0.3) is 0 Å². The van der Waals surface area contributed by atoms with Crippen LogP contribution in [-0.2, 0) is 19.8 Å². The molecule has 1 aliphatic heterocycles. The summed E-state index contributed by atoms with van der Waals surface area (Å²) in [7, 11) is 2.11. The molecule has 3 heteroatoms. The largest absolute Gasteiger partial charge is 0.302 e. The molecule has 0 fully saturated rings. The molecule has 3 heterocycles. The minimum atomic E-state index is -1.38. The molecule has 0 atom stereocenters. The van der Waals surface area contributed by atoms with Crippen LogP contribution in [0, 0.1) is 19.8 Å². The van der Waals surface area contributed by atoms with E-state index in [2.05, 4.69) is 78.8 Å². The van der Waals surface area contributed by atoms with E-state index in [4.69, 9.17) is 7.73 Å². The van der Waals surface area contributed by atoms with E-state index >= 15 is 0 Å². The van der Waals surface area contributed by atoms with E-state index in [0.717, 1.165) is 34.3 Å². The third-order valence-corrected chi connectivity index (χ3v) is 6.85. The standard InChI is InChI=1S/C30H30N3/c1-18(2)14-21-10-11-24-22(15-21)12-13-32(5)30(24)28-20(4)23-8-6-7-9-25(23)29-26(28)16-27-31-19(3)17-33(27)29/h6-13,15,17-18H,14,16H2,1-5H3/q+1/i14D2. The van der Waals surface area contributed by atoms with Gasteiger partial charge in [-0.05, 0) is 59.7 Å². The number of rotatable bonds is 3. The van der Waals surface area contributed by atoms with Crippen molar-refractivity contribution in [3.8, 4) is 16.9 Å². The van der Waals surface area contributed by atoms with Crippen molar-refractivity contribution in [3.63, 3.8) is 0 Å². The van der Waals surface area contributed by atoms with Crippen molar-refractivity contribution >= 4 is 21.5 Å². The SMILES string of the molecule is [2H]C([2H])(c1ccc2c(-c3c4c(c5ccccc5c3C)-n3cc(C)nc3C4)[n+](C)ccc2c1)C(C)C. The topological polar surface area (TPSA) is 21.7 Å². The lowest BCUT2D eigenvalue weighted by Gasteiger charge is -2.17. The number of imidazole rings is 1. The summed E-state index contributed by atoms with van der Waals surface area (Å²) in [6.45, 7) is 8.16. The molecular formula is C30H30N3+. The summed E-state index contributed by atoms with van der Waals surface area (Å²) < 4.78 is 21.7. The lowest BCUT2D eigenvalue weighted by atomic mass is 9.88. The number of nitrogens with zero attached hydrogens (tertiary/aromatic N) is 3. The fourth-order valence-electron chi connectivity index (χ4n) is 5.56. The summed E-state index contributed by atoms with van der Waals surface area (Å²) in [5.41, 5.74) is 8.02. The van der Waals surface area contributed by atoms with E-state index in [0.29, 0.717) is 0 Å². The Balaban J connectivity index is 1.69. The van der Waals surface area contributed by atoms with Crippen molar-refractivity contribution in [2.24, 2.45) is 13.0 Å². The fraction of sp³-hybridized carbons (Fsp3) is 0.267. The number of hydrogen-bond acceptors (Lipinski definition) is 1. The number of fused-ring (bicyclic) bond motifs is 6. The normalized spacial score (nSPS) is 14.0. The lowest BCUT2D eigenvalue weighted by Crippen LogP contribution is -2.31. The van der Waals surface area contributed by atoms with Crippen molar-refractivity contribution in [2.75, 3.05) is 0 Å². The molecule has 33 heavy (non-hydrogen) atoms. The Kier molecular flexibility index (Phi) is 3.97. The predicted molar refractivity (Wildman–Crippen MR) is 136 cm³/mol. The molecule has 2 aromatic heterocycles. The molecule has 0 radical (unpaired) electrons. The van der Waals surface area contributed by atoms with E-state index < -0.39 is 6.37 Å². The van der Waals surface area contributed by atoms with Crippen LogP contribution in [0.15, 0.2) is 60.9 Å². The van der Waals surface area contributed by atoms with Crippen molar-refractivity contribution in [3.05, 3.63) is 89.1 Å². The van der Waals surface area contributed by atoms with E-state index in [1.54, 1.807) is 0 Å². The minimum absolute atomic E-state index is 0.101. The van der Waals surface area contributed by atoms with Crippen LogP contribution in [0.2, 0.25) is 0 Å². The highest BCUT2D eigenvalue weighted by atomic mass is 15.1. The van der Waals surface area contributed by atoms with Gasteiger partial charge in [-0.25, -0.2) is 9.55 Å². The highest BCUT2D eigenvalue weighted by Crippen LogP contribution is 2.44. The molecule has 3 aromatic carbocycles. The van der Waals surface area contributed by atoms with Gasteiger partial charge in [-0.15, -0.1) is 0 Å². The third kappa shape index (κ3) is 3.02. The number of aryl methyl sites for hydroxylation is 3. The first kappa shape index (κ1) is 18.0. The maximum Gasteiger partial charge on any atom is 0.220 e. The first-order valence-electron chi connectivity index (χ1n) is 12.7. The molecule has 0 aliphatic carbocycles. The van der Waals surface area contributed by atoms with Gasteiger partial charge in [0.15, 0.2) is 6.20 Å². The highest BCUT2D eigenvalue weighted by Gasteiger charge is 2.31. The summed E-state index contributed by atoms with van der Waals surface area (Å²) in [5, 5.41) is 4.72. The molecule has 0 amide bonds. The van der Waals surface area contributed by atoms with Crippen LogP contribution in [-0.4, -0.2) is 9.55 Å². The average molecular weight is 435 g/mol. The first-order chi connectivity index (χ1) is 16.7. The lowest BCUT2D eigenvalue weighted by molar-refractivity contribution is -0.659. The molecule has 1 aliphatic rings. The molecule has 0 N–H and O–H groups in total. The van der Waals surface area contributed by atoms with E-state index in [1.807, 2.05) is 26.0 Å². The fourth-order valence-corrected chi connectivity index (χ4v) is 5.56. The van der Waals surface area contributed by atoms with Gasteiger partial charge in [-0.2, -0.15) is 0 Å². The zero-order valence-electron chi connectivity index (χ0n) is 21.9. The number of aromatic nitrogens is 3. The molecule has 0 saturated carbocycles. The quantitative estimate of drug-likeness (QED) is 0.296. The second-order valence-corrected chi connectivity index (χ2v) is 9.59. The Labute approximate surface area is 198 Å². The van der Waals surface area contributed by atoms with E-state index in [-0.39, 0.29) is 5.92 Å². The molecule has 6 rings (SSSR count). The average Bonchev–Trinajstić information content (AvgIpc) is 3.35. The zero-order valence-corrected chi connectivity index (χ0v) is 19.9. The number of benzene rings is 3. The van der Waals surface area contributed by atoms with E-state index in [9.17, 15) is 0 Å². The summed E-state index contributed by atoms with van der Waals surface area (Å²) in [5.74, 6) is 0.987. The van der Waals surface area contributed by atoms with Gasteiger partial charge < -0.3 is 4.57 Å². The van der Waals surface area contributed by atoms with Crippen molar-refractivity contribution in [1.29, 1.82) is 0 Å². The van der Waals surface area contributed by atoms with Crippen LogP contribution in [0.4, 0.5) is 0 Å². The molecule has 5 aromatic rings. The van der Waals surface area contributed by atoms with Crippen LogP contribution in [0.25, 0.3) is 38.5 Å². The Morgan fingerprint density at radius 1 is 1.06 bits per heavy atom. The Bertz CT molecular complexity index is 1660. The van der Waals surface area contributed by atoms with Crippen LogP contribution in [0.5, 0.6) is 0 Å². The summed E-state index contributed by atoms with van der Waals surface area (Å²) in [6.07, 6.45) is 3.68. The highest BCUT2D eigenvalue weighted by molar-refractivity contribution is 6.04. The molecule has 0 bridgehead atoms. The molecule has 0 unspecified atom stereocenters. The van der Waals surface area contributed by atoms with Crippen molar-refractivity contribution in [1.82, 2.24) is 9.55 Å². The van der Waals surface area contributed by atoms with Gasteiger partial charge in [0.05, 0.1) is 22.3 Å². The monoisotopic (exact) mass is 434 g/mol. The smallest absolute Gasteiger partial charge is 0.220 e. The van der Waals surface area contributed by atoms with Crippen molar-refractivity contribution < 1.29 is 7.31 Å². The van der Waals surface area contributed by atoms with Crippen LogP contribution in [0.1, 0.15) is 44.8 Å². The first-order valence-corrected chi connectivity index (χ1v) is 11.7. The maximum absolute atomic E-state index is 8.61. The maximum atomic E-state index is 8.61. The molecule has 0 spiro atoms. The van der Waals surface area contributed by atoms with Gasteiger partial charge in [0, 0.05) is 26.8 Å². The van der Waals surface area contributed by atoms with Gasteiger partial charge in [-0.1, -0.05) is 50.2 Å². The Hall–Kier alpha value is -3.46. The molecular weight excluding hydrogens is 402 g/mol. The molecule has 164 valence electrons. The number of hydrogen-bond donors (Lipinski definition) is 0. The Morgan fingerprint density at radius 3 is 2.64 bits per heavy atom. The number of pyridine rings is 1. The van der Waals surface area contributed by atoms with Gasteiger partial charge >= 0.3 is 0 Å². The van der Waals surface area contributed by atoms with Crippen molar-refractivity contribution in [2.45, 2.75) is 40.5 Å². The molecule has 3 nitrogen and oxygen atoms in total.